The van der Waals surface area contributed by atoms with Crippen LogP contribution in [-0.4, -0.2) is 35.7 Å². The third kappa shape index (κ3) is 6.80. The molecular weight excluding hydrogens is 404 g/mol. The maximum atomic E-state index is 12.9. The molecule has 0 spiro atoms. The summed E-state index contributed by atoms with van der Waals surface area (Å²) in [5.41, 5.74) is -3.12. The molecule has 0 unspecified atom stereocenters. The Hall–Kier alpha value is -1.55. The smallest absolute Gasteiger partial charge is 0.362 e. The molecule has 10 heteroatoms. The lowest BCUT2D eigenvalue weighted by atomic mass is 10.0. The average molecular weight is 427 g/mol. The van der Waals surface area contributed by atoms with Crippen molar-refractivity contribution >= 4 is 23.0 Å². The van der Waals surface area contributed by atoms with Crippen molar-refractivity contribution in [1.82, 2.24) is 10.2 Å². The summed E-state index contributed by atoms with van der Waals surface area (Å²) < 4.78 is 77.3. The van der Waals surface area contributed by atoms with Gasteiger partial charge in [0.15, 0.2) is 5.11 Å². The van der Waals surface area contributed by atoms with E-state index in [1.165, 1.54) is 6.42 Å². The van der Waals surface area contributed by atoms with Gasteiger partial charge in [0.1, 0.15) is 0 Å². The highest BCUT2D eigenvalue weighted by molar-refractivity contribution is 7.80. The summed E-state index contributed by atoms with van der Waals surface area (Å²) in [7, 11) is 0. The molecule has 1 fully saturated rings. The van der Waals surface area contributed by atoms with E-state index in [1.54, 1.807) is 0 Å². The Balaban J connectivity index is 1.91. The molecule has 1 aliphatic heterocycles. The van der Waals surface area contributed by atoms with Crippen LogP contribution in [0, 0.1) is 0 Å². The van der Waals surface area contributed by atoms with Crippen LogP contribution in [-0.2, 0) is 12.4 Å². The first-order valence-corrected chi connectivity index (χ1v) is 9.46. The van der Waals surface area contributed by atoms with E-state index in [4.69, 9.17) is 12.2 Å². The van der Waals surface area contributed by atoms with Gasteiger partial charge in [-0.1, -0.05) is 6.42 Å². The topological polar surface area (TPSA) is 27.3 Å². The molecule has 0 aliphatic carbocycles. The molecule has 2 N–H and O–H groups in total. The van der Waals surface area contributed by atoms with Gasteiger partial charge < -0.3 is 15.5 Å². The summed E-state index contributed by atoms with van der Waals surface area (Å²) in [5, 5.41) is 5.24. The largest absolute Gasteiger partial charge is 0.416 e. The predicted octanol–water partition coefficient (Wildman–Crippen LogP) is 5.28. The number of halogens is 6. The van der Waals surface area contributed by atoms with Crippen LogP contribution in [0.5, 0.6) is 0 Å². The number of anilines is 1. The number of nitrogens with zero attached hydrogens (tertiary/aromatic N) is 1. The van der Waals surface area contributed by atoms with Crippen LogP contribution < -0.4 is 10.6 Å². The first-order chi connectivity index (χ1) is 13.0. The summed E-state index contributed by atoms with van der Waals surface area (Å²) in [4.78, 5) is 2.37. The third-order valence-corrected chi connectivity index (χ3v) is 4.94. The zero-order chi connectivity index (χ0) is 20.9. The molecule has 0 aromatic heterocycles. The Morgan fingerprint density at radius 1 is 1.07 bits per heavy atom. The van der Waals surface area contributed by atoms with Gasteiger partial charge in [0, 0.05) is 24.8 Å². The Kier molecular flexibility index (Phi) is 7.55. The third-order valence-electron chi connectivity index (χ3n) is 4.69. The van der Waals surface area contributed by atoms with Crippen LogP contribution in [0.2, 0.25) is 0 Å². The fourth-order valence-electron chi connectivity index (χ4n) is 3.18. The molecule has 0 radical (unpaired) electrons. The molecule has 0 amide bonds. The summed E-state index contributed by atoms with van der Waals surface area (Å²) in [6.45, 7) is 4.54. The standard InChI is InChI=1S/C18H23F6N3S/c1-12-5-2-3-7-27(12)8-4-6-25-16(28)26-15-10-13(17(19,20)21)9-14(11-15)18(22,23)24/h9-12H,2-8H2,1H3,(H2,25,26,28)/t12-/m0/s1. The maximum Gasteiger partial charge on any atom is 0.416 e. The number of piperidine rings is 1. The van der Waals surface area contributed by atoms with Crippen LogP contribution in [0.15, 0.2) is 18.2 Å². The Morgan fingerprint density at radius 3 is 2.21 bits per heavy atom. The van der Waals surface area contributed by atoms with Gasteiger partial charge in [0.05, 0.1) is 11.1 Å². The summed E-state index contributed by atoms with van der Waals surface area (Å²) >= 11 is 5.00. The van der Waals surface area contributed by atoms with Gasteiger partial charge in [0.2, 0.25) is 0 Å². The van der Waals surface area contributed by atoms with Gasteiger partial charge in [-0.15, -0.1) is 0 Å². The van der Waals surface area contributed by atoms with Gasteiger partial charge in [-0.25, -0.2) is 0 Å². The van der Waals surface area contributed by atoms with Gasteiger partial charge in [-0.3, -0.25) is 0 Å². The number of likely N-dealkylation sites (tertiary alicyclic amines) is 1. The molecule has 158 valence electrons. The summed E-state index contributed by atoms with van der Waals surface area (Å²) in [5.74, 6) is 0. The van der Waals surface area contributed by atoms with E-state index < -0.39 is 23.5 Å². The lowest BCUT2D eigenvalue weighted by molar-refractivity contribution is -0.143. The second-order valence-corrected chi connectivity index (χ2v) is 7.32. The lowest BCUT2D eigenvalue weighted by Crippen LogP contribution is -2.39. The molecule has 0 saturated carbocycles. The zero-order valence-electron chi connectivity index (χ0n) is 15.4. The SMILES string of the molecule is C[C@H]1CCCCN1CCCNC(=S)Nc1cc(C(F)(F)F)cc(C(F)(F)F)c1. The number of rotatable bonds is 5. The van der Waals surface area contributed by atoms with E-state index in [9.17, 15) is 26.3 Å². The highest BCUT2D eigenvalue weighted by atomic mass is 32.1. The lowest BCUT2D eigenvalue weighted by Gasteiger charge is -2.33. The van der Waals surface area contributed by atoms with E-state index >= 15 is 0 Å². The highest BCUT2D eigenvalue weighted by Gasteiger charge is 2.37. The fourth-order valence-corrected chi connectivity index (χ4v) is 3.40. The van der Waals surface area contributed by atoms with E-state index in [2.05, 4.69) is 22.5 Å². The monoisotopic (exact) mass is 427 g/mol. The second-order valence-electron chi connectivity index (χ2n) is 6.91. The molecule has 1 aromatic rings. The van der Waals surface area contributed by atoms with Crippen LogP contribution in [0.25, 0.3) is 0 Å². The Morgan fingerprint density at radius 2 is 1.68 bits per heavy atom. The predicted molar refractivity (Wildman–Crippen MR) is 100 cm³/mol. The molecule has 0 bridgehead atoms. The fraction of sp³-hybridized carbons (Fsp3) is 0.611. The van der Waals surface area contributed by atoms with Gasteiger partial charge >= 0.3 is 12.4 Å². The molecule has 3 nitrogen and oxygen atoms in total. The Bertz CT molecular complexity index is 642. The molecule has 28 heavy (non-hydrogen) atoms. The summed E-state index contributed by atoms with van der Waals surface area (Å²) in [6.07, 6.45) is -5.47. The number of nitrogens with one attached hydrogen (secondary N) is 2. The van der Waals surface area contributed by atoms with Crippen molar-refractivity contribution in [3.8, 4) is 0 Å². The van der Waals surface area contributed by atoms with Gasteiger partial charge in [0.25, 0.3) is 0 Å². The molecule has 1 atom stereocenters. The van der Waals surface area contributed by atoms with Crippen molar-refractivity contribution in [1.29, 1.82) is 0 Å². The number of alkyl halides is 6. The highest BCUT2D eigenvalue weighted by Crippen LogP contribution is 2.37. The molecular formula is C18H23F6N3S. The molecule has 1 aliphatic rings. The average Bonchev–Trinajstić information content (AvgIpc) is 2.58. The molecule has 1 heterocycles. The van der Waals surface area contributed by atoms with Crippen molar-refractivity contribution < 1.29 is 26.3 Å². The van der Waals surface area contributed by atoms with Gasteiger partial charge in [-0.05, 0) is 63.1 Å². The van der Waals surface area contributed by atoms with Crippen LogP contribution >= 0.6 is 12.2 Å². The van der Waals surface area contributed by atoms with Crippen LogP contribution in [0.4, 0.5) is 32.0 Å². The van der Waals surface area contributed by atoms with Crippen molar-refractivity contribution in [3.63, 3.8) is 0 Å². The van der Waals surface area contributed by atoms with Crippen molar-refractivity contribution in [2.45, 2.75) is 51.0 Å². The molecule has 1 aromatic carbocycles. The normalized spacial score (nSPS) is 18.8. The van der Waals surface area contributed by atoms with Crippen LogP contribution in [0.3, 0.4) is 0 Å². The minimum Gasteiger partial charge on any atom is -0.362 e. The van der Waals surface area contributed by atoms with Gasteiger partial charge in [-0.2, -0.15) is 26.3 Å². The number of hydrogen-bond donors (Lipinski definition) is 2. The molecule has 1 saturated heterocycles. The number of benzene rings is 1. The van der Waals surface area contributed by atoms with E-state index in [0.29, 0.717) is 24.7 Å². The first kappa shape index (κ1) is 22.7. The minimum atomic E-state index is -4.89. The van der Waals surface area contributed by atoms with E-state index in [0.717, 1.165) is 32.4 Å². The van der Waals surface area contributed by atoms with E-state index in [1.807, 2.05) is 0 Å². The minimum absolute atomic E-state index is 0.0147. The molecule has 2 rings (SSSR count). The van der Waals surface area contributed by atoms with Crippen molar-refractivity contribution in [3.05, 3.63) is 29.3 Å². The van der Waals surface area contributed by atoms with Crippen molar-refractivity contribution in [2.24, 2.45) is 0 Å². The quantitative estimate of drug-likeness (QED) is 0.380. The second kappa shape index (κ2) is 9.30. The maximum absolute atomic E-state index is 12.9. The first-order valence-electron chi connectivity index (χ1n) is 9.05. The number of hydrogen-bond acceptors (Lipinski definition) is 2. The summed E-state index contributed by atoms with van der Waals surface area (Å²) in [6, 6.07) is 1.82. The van der Waals surface area contributed by atoms with Crippen molar-refractivity contribution in [2.75, 3.05) is 25.0 Å². The Labute approximate surface area is 165 Å². The van der Waals surface area contributed by atoms with E-state index in [-0.39, 0.29) is 16.9 Å². The number of thiocarbonyl (C=S) groups is 1. The zero-order valence-corrected chi connectivity index (χ0v) is 16.2. The van der Waals surface area contributed by atoms with Crippen LogP contribution in [0.1, 0.15) is 43.7 Å².